The van der Waals surface area contributed by atoms with Crippen LogP contribution in [0.25, 0.3) is 12.2 Å². The van der Waals surface area contributed by atoms with Gasteiger partial charge in [-0.2, -0.15) is 13.2 Å². The number of morpholine rings is 1. The van der Waals surface area contributed by atoms with E-state index in [0.29, 0.717) is 48.7 Å². The lowest BCUT2D eigenvalue weighted by Crippen LogP contribution is -2.37. The second-order valence-electron chi connectivity index (χ2n) is 7.76. The van der Waals surface area contributed by atoms with Crippen LogP contribution in [0.4, 0.5) is 24.7 Å². The number of benzene rings is 1. The first-order valence-electron chi connectivity index (χ1n) is 10.6. The average Bonchev–Trinajstić information content (AvgIpc) is 2.81. The van der Waals surface area contributed by atoms with Gasteiger partial charge in [0, 0.05) is 31.3 Å². The standard InChI is InChI=1S/C23H25F3N4O4S/c1-3-17-14-16(4-7-19(17)29-35(2,32)33)15-27-21(31)9-6-18-5-8-20(23(24,25)26)28-22(18)30-10-12-34-13-11-30/h3-9,14,29H,1,10-13,15H2,2H3,(H,27,31)/b9-6+. The molecule has 1 aliphatic rings. The lowest BCUT2D eigenvalue weighted by Gasteiger charge is -2.29. The molecular formula is C23H25F3N4O4S. The van der Waals surface area contributed by atoms with E-state index in [-0.39, 0.29) is 12.4 Å². The van der Waals surface area contributed by atoms with Gasteiger partial charge < -0.3 is 15.0 Å². The molecule has 8 nitrogen and oxygen atoms in total. The number of hydrogen-bond acceptors (Lipinski definition) is 6. The van der Waals surface area contributed by atoms with Crippen molar-refractivity contribution in [2.45, 2.75) is 12.7 Å². The zero-order valence-electron chi connectivity index (χ0n) is 18.9. The number of anilines is 2. The summed E-state index contributed by atoms with van der Waals surface area (Å²) < 4.78 is 70.1. The van der Waals surface area contributed by atoms with Crippen molar-refractivity contribution in [1.29, 1.82) is 0 Å². The molecule has 0 saturated carbocycles. The van der Waals surface area contributed by atoms with E-state index in [1.54, 1.807) is 23.1 Å². The van der Waals surface area contributed by atoms with Crippen molar-refractivity contribution in [3.63, 3.8) is 0 Å². The summed E-state index contributed by atoms with van der Waals surface area (Å²) in [7, 11) is -3.46. The Bertz CT molecular complexity index is 1220. The fraction of sp³-hybridized carbons (Fsp3) is 0.304. The SMILES string of the molecule is C=Cc1cc(CNC(=O)/C=C/c2ccc(C(F)(F)F)nc2N2CCOCC2)ccc1NS(C)(=O)=O. The molecule has 0 bridgehead atoms. The smallest absolute Gasteiger partial charge is 0.378 e. The minimum absolute atomic E-state index is 0.136. The van der Waals surface area contributed by atoms with Gasteiger partial charge in [0.2, 0.25) is 15.9 Å². The van der Waals surface area contributed by atoms with Crippen LogP contribution >= 0.6 is 0 Å². The summed E-state index contributed by atoms with van der Waals surface area (Å²) in [4.78, 5) is 17.9. The molecule has 188 valence electrons. The summed E-state index contributed by atoms with van der Waals surface area (Å²) in [6.07, 6.45) is 0.585. The maximum atomic E-state index is 13.2. The molecule has 12 heteroatoms. The van der Waals surface area contributed by atoms with E-state index in [4.69, 9.17) is 4.74 Å². The Morgan fingerprint density at radius 1 is 1.20 bits per heavy atom. The first-order valence-corrected chi connectivity index (χ1v) is 12.5. The highest BCUT2D eigenvalue weighted by molar-refractivity contribution is 7.92. The summed E-state index contributed by atoms with van der Waals surface area (Å²) in [6.45, 7) is 5.32. The molecule has 0 radical (unpaired) electrons. The minimum Gasteiger partial charge on any atom is -0.378 e. The number of carbonyl (C=O) groups is 1. The lowest BCUT2D eigenvalue weighted by molar-refractivity contribution is -0.141. The van der Waals surface area contributed by atoms with Gasteiger partial charge >= 0.3 is 6.18 Å². The normalized spacial score (nSPS) is 14.7. The number of alkyl halides is 3. The van der Waals surface area contributed by atoms with Crippen molar-refractivity contribution in [1.82, 2.24) is 10.3 Å². The van der Waals surface area contributed by atoms with E-state index in [1.807, 2.05) is 0 Å². The molecule has 1 aromatic heterocycles. The lowest BCUT2D eigenvalue weighted by atomic mass is 10.1. The van der Waals surface area contributed by atoms with Crippen molar-refractivity contribution < 1.29 is 31.1 Å². The number of hydrogen-bond donors (Lipinski definition) is 2. The molecule has 1 aromatic carbocycles. The summed E-state index contributed by atoms with van der Waals surface area (Å²) in [5, 5.41) is 2.69. The molecule has 0 unspecified atom stereocenters. The largest absolute Gasteiger partial charge is 0.433 e. The number of sulfonamides is 1. The van der Waals surface area contributed by atoms with E-state index >= 15 is 0 Å². The Morgan fingerprint density at radius 3 is 2.54 bits per heavy atom. The topological polar surface area (TPSA) is 101 Å². The molecule has 0 aliphatic carbocycles. The van der Waals surface area contributed by atoms with Crippen molar-refractivity contribution in [2.75, 3.05) is 42.2 Å². The molecular weight excluding hydrogens is 485 g/mol. The molecule has 1 amide bonds. The van der Waals surface area contributed by atoms with Gasteiger partial charge in [-0.05, 0) is 41.5 Å². The van der Waals surface area contributed by atoms with Crippen LogP contribution in [0.3, 0.4) is 0 Å². The zero-order valence-corrected chi connectivity index (χ0v) is 19.7. The van der Waals surface area contributed by atoms with Crippen LogP contribution in [-0.4, -0.2) is 51.9 Å². The van der Waals surface area contributed by atoms with Gasteiger partial charge in [0.25, 0.3) is 0 Å². The number of amides is 1. The molecule has 2 N–H and O–H groups in total. The second-order valence-corrected chi connectivity index (χ2v) is 9.51. The van der Waals surface area contributed by atoms with Crippen LogP contribution in [0.5, 0.6) is 0 Å². The van der Waals surface area contributed by atoms with E-state index in [0.717, 1.165) is 12.3 Å². The predicted octanol–water partition coefficient (Wildman–Crippen LogP) is 3.28. The second kappa shape index (κ2) is 10.9. The van der Waals surface area contributed by atoms with E-state index in [2.05, 4.69) is 21.6 Å². The highest BCUT2D eigenvalue weighted by Crippen LogP contribution is 2.31. The average molecular weight is 511 g/mol. The molecule has 0 spiro atoms. The first kappa shape index (κ1) is 26.2. The molecule has 0 atom stereocenters. The Balaban J connectivity index is 1.72. The maximum absolute atomic E-state index is 13.2. The molecule has 2 aromatic rings. The summed E-state index contributed by atoms with van der Waals surface area (Å²) in [5.74, 6) is -0.326. The third kappa shape index (κ3) is 7.55. The van der Waals surface area contributed by atoms with Crippen LogP contribution < -0.4 is 14.9 Å². The van der Waals surface area contributed by atoms with Gasteiger partial charge in [0.1, 0.15) is 11.5 Å². The monoisotopic (exact) mass is 510 g/mol. The third-order valence-electron chi connectivity index (χ3n) is 5.02. The van der Waals surface area contributed by atoms with Crippen LogP contribution in [-0.2, 0) is 32.3 Å². The van der Waals surface area contributed by atoms with Crippen LogP contribution in [0.15, 0.2) is 43.0 Å². The number of pyridine rings is 1. The zero-order chi connectivity index (χ0) is 25.6. The predicted molar refractivity (Wildman–Crippen MR) is 128 cm³/mol. The number of carbonyl (C=O) groups excluding carboxylic acids is 1. The molecule has 1 saturated heterocycles. The third-order valence-corrected chi connectivity index (χ3v) is 5.61. The number of halogens is 3. The van der Waals surface area contributed by atoms with E-state index < -0.39 is 27.8 Å². The van der Waals surface area contributed by atoms with Gasteiger partial charge in [-0.15, -0.1) is 0 Å². The van der Waals surface area contributed by atoms with E-state index in [9.17, 15) is 26.4 Å². The summed E-state index contributed by atoms with van der Waals surface area (Å²) >= 11 is 0. The van der Waals surface area contributed by atoms with Gasteiger partial charge in [-0.1, -0.05) is 18.7 Å². The summed E-state index contributed by atoms with van der Waals surface area (Å²) in [6, 6.07) is 7.07. The maximum Gasteiger partial charge on any atom is 0.433 e. The molecule has 35 heavy (non-hydrogen) atoms. The number of ether oxygens (including phenoxy) is 1. The summed E-state index contributed by atoms with van der Waals surface area (Å²) in [5.41, 5.74) is 0.977. The van der Waals surface area contributed by atoms with E-state index in [1.165, 1.54) is 24.3 Å². The van der Waals surface area contributed by atoms with Crippen LogP contribution in [0.1, 0.15) is 22.4 Å². The first-order chi connectivity index (χ1) is 16.5. The van der Waals surface area contributed by atoms with Crippen molar-refractivity contribution in [3.05, 3.63) is 65.4 Å². The van der Waals surface area contributed by atoms with Crippen LogP contribution in [0.2, 0.25) is 0 Å². The quantitative estimate of drug-likeness (QED) is 0.529. The fourth-order valence-corrected chi connectivity index (χ4v) is 3.96. The fourth-order valence-electron chi connectivity index (χ4n) is 3.37. The molecule has 1 aliphatic heterocycles. The van der Waals surface area contributed by atoms with Gasteiger partial charge in [-0.25, -0.2) is 13.4 Å². The molecule has 1 fully saturated rings. The number of nitrogens with zero attached hydrogens (tertiary/aromatic N) is 2. The molecule has 2 heterocycles. The van der Waals surface area contributed by atoms with Gasteiger partial charge in [0.15, 0.2) is 0 Å². The van der Waals surface area contributed by atoms with Crippen molar-refractivity contribution in [2.24, 2.45) is 0 Å². The van der Waals surface area contributed by atoms with Gasteiger partial charge in [-0.3, -0.25) is 9.52 Å². The minimum atomic E-state index is -4.59. The number of rotatable bonds is 8. The Morgan fingerprint density at radius 2 is 1.91 bits per heavy atom. The Kier molecular flexibility index (Phi) is 8.18. The number of aromatic nitrogens is 1. The number of nitrogens with one attached hydrogen (secondary N) is 2. The Hall–Kier alpha value is -3.38. The van der Waals surface area contributed by atoms with Crippen molar-refractivity contribution >= 4 is 39.6 Å². The highest BCUT2D eigenvalue weighted by atomic mass is 32.2. The Labute approximate surface area is 201 Å². The van der Waals surface area contributed by atoms with Crippen molar-refractivity contribution in [3.8, 4) is 0 Å². The van der Waals surface area contributed by atoms with Gasteiger partial charge in [0.05, 0.1) is 25.2 Å². The highest BCUT2D eigenvalue weighted by Gasteiger charge is 2.33. The molecule has 3 rings (SSSR count). The van der Waals surface area contributed by atoms with Crippen LogP contribution in [0, 0.1) is 0 Å².